The van der Waals surface area contributed by atoms with E-state index >= 15 is 0 Å². The van der Waals surface area contributed by atoms with Crippen molar-refractivity contribution < 1.29 is 9.18 Å². The minimum Gasteiger partial charge on any atom is -0.399 e. The maximum atomic E-state index is 13.1. The average molecular weight is 268 g/mol. The van der Waals surface area contributed by atoms with Gasteiger partial charge in [0, 0.05) is 23.7 Å². The van der Waals surface area contributed by atoms with Gasteiger partial charge in [0.2, 0.25) is 5.91 Å². The number of hydrogen-bond donors (Lipinski definition) is 1. The summed E-state index contributed by atoms with van der Waals surface area (Å²) in [6.07, 6.45) is 3.38. The van der Waals surface area contributed by atoms with Crippen molar-refractivity contribution in [3.05, 3.63) is 24.0 Å². The van der Waals surface area contributed by atoms with Crippen LogP contribution in [-0.4, -0.2) is 29.6 Å². The van der Waals surface area contributed by atoms with E-state index in [2.05, 4.69) is 0 Å². The summed E-state index contributed by atoms with van der Waals surface area (Å²) in [4.78, 5) is 14.5. The van der Waals surface area contributed by atoms with Gasteiger partial charge in [0.15, 0.2) is 0 Å². The molecule has 0 aromatic heterocycles. The lowest BCUT2D eigenvalue weighted by molar-refractivity contribution is -0.129. The Kier molecular flexibility index (Phi) is 4.47. The summed E-state index contributed by atoms with van der Waals surface area (Å²) in [6, 6.07) is 4.37. The highest BCUT2D eigenvalue weighted by Gasteiger charge is 2.16. The number of anilines is 1. The molecule has 1 fully saturated rings. The number of amides is 1. The molecule has 0 spiro atoms. The number of carbonyl (C=O) groups is 1. The third kappa shape index (κ3) is 3.63. The number of nitrogens with two attached hydrogens (primary N) is 1. The van der Waals surface area contributed by atoms with Gasteiger partial charge < -0.3 is 10.6 Å². The second-order valence-electron chi connectivity index (χ2n) is 4.45. The van der Waals surface area contributed by atoms with E-state index in [0.29, 0.717) is 16.3 Å². The molecule has 18 heavy (non-hydrogen) atoms. The van der Waals surface area contributed by atoms with Crippen LogP contribution in [-0.2, 0) is 4.79 Å². The lowest BCUT2D eigenvalue weighted by Crippen LogP contribution is -2.36. The highest BCUT2D eigenvalue weighted by Crippen LogP contribution is 2.23. The minimum absolute atomic E-state index is 0.127. The molecule has 2 N–H and O–H groups in total. The molecule has 1 aromatic carbocycles. The summed E-state index contributed by atoms with van der Waals surface area (Å²) in [7, 11) is 0. The lowest BCUT2D eigenvalue weighted by Gasteiger charge is -2.26. The predicted molar refractivity (Wildman–Crippen MR) is 72.0 cm³/mol. The van der Waals surface area contributed by atoms with Crippen molar-refractivity contribution in [2.45, 2.75) is 24.2 Å². The van der Waals surface area contributed by atoms with Crippen molar-refractivity contribution in [3.63, 3.8) is 0 Å². The largest absolute Gasteiger partial charge is 0.399 e. The molecule has 0 bridgehead atoms. The summed E-state index contributed by atoms with van der Waals surface area (Å²) in [5, 5.41) is 0. The first-order chi connectivity index (χ1) is 8.65. The van der Waals surface area contributed by atoms with Gasteiger partial charge in [-0.15, -0.1) is 11.8 Å². The van der Waals surface area contributed by atoms with Crippen molar-refractivity contribution in [2.24, 2.45) is 0 Å². The molecule has 0 atom stereocenters. The number of rotatable bonds is 3. The van der Waals surface area contributed by atoms with Crippen LogP contribution in [0, 0.1) is 5.82 Å². The standard InChI is InChI=1S/C13H17FN2OS/c14-10-6-11(15)8-12(7-10)18-9-13(17)16-4-2-1-3-5-16/h6-8H,1-5,9,15H2. The van der Waals surface area contributed by atoms with E-state index in [1.807, 2.05) is 4.90 Å². The first kappa shape index (κ1) is 13.2. The number of likely N-dealkylation sites (tertiary alicyclic amines) is 1. The van der Waals surface area contributed by atoms with Crippen LogP contribution in [0.5, 0.6) is 0 Å². The van der Waals surface area contributed by atoms with Crippen molar-refractivity contribution >= 4 is 23.4 Å². The fourth-order valence-corrected chi connectivity index (χ4v) is 2.94. The van der Waals surface area contributed by atoms with E-state index in [1.54, 1.807) is 6.07 Å². The monoisotopic (exact) mass is 268 g/mol. The molecule has 1 aliphatic rings. The SMILES string of the molecule is Nc1cc(F)cc(SCC(=O)N2CCCCC2)c1. The van der Waals surface area contributed by atoms with Crippen LogP contribution in [0.4, 0.5) is 10.1 Å². The van der Waals surface area contributed by atoms with Crippen molar-refractivity contribution in [1.82, 2.24) is 4.90 Å². The Balaban J connectivity index is 1.88. The second kappa shape index (κ2) is 6.09. The van der Waals surface area contributed by atoms with Crippen LogP contribution in [0.1, 0.15) is 19.3 Å². The van der Waals surface area contributed by atoms with Gasteiger partial charge in [0.25, 0.3) is 0 Å². The molecule has 1 saturated heterocycles. The molecule has 1 amide bonds. The molecule has 0 unspecified atom stereocenters. The van der Waals surface area contributed by atoms with E-state index in [4.69, 9.17) is 5.73 Å². The number of hydrogen-bond acceptors (Lipinski definition) is 3. The number of benzene rings is 1. The first-order valence-electron chi connectivity index (χ1n) is 6.12. The van der Waals surface area contributed by atoms with Crippen LogP contribution >= 0.6 is 11.8 Å². The molecular weight excluding hydrogens is 251 g/mol. The van der Waals surface area contributed by atoms with E-state index in [0.717, 1.165) is 25.9 Å². The average Bonchev–Trinajstić information content (AvgIpc) is 2.36. The summed E-state index contributed by atoms with van der Waals surface area (Å²) in [5.41, 5.74) is 5.95. The molecule has 0 aliphatic carbocycles. The van der Waals surface area contributed by atoms with Gasteiger partial charge in [0.1, 0.15) is 5.82 Å². The van der Waals surface area contributed by atoms with E-state index < -0.39 is 0 Å². The number of thioether (sulfide) groups is 1. The zero-order valence-corrected chi connectivity index (χ0v) is 11.0. The van der Waals surface area contributed by atoms with Crippen LogP contribution in [0.15, 0.2) is 23.1 Å². The molecule has 1 aromatic rings. The molecule has 0 saturated carbocycles. The molecule has 3 nitrogen and oxygen atoms in total. The van der Waals surface area contributed by atoms with Crippen LogP contribution in [0.3, 0.4) is 0 Å². The highest BCUT2D eigenvalue weighted by molar-refractivity contribution is 8.00. The third-order valence-electron chi connectivity index (χ3n) is 2.96. The molecule has 2 rings (SSSR count). The fourth-order valence-electron chi connectivity index (χ4n) is 2.05. The third-order valence-corrected chi connectivity index (χ3v) is 3.93. The molecule has 0 radical (unpaired) electrons. The molecule has 1 heterocycles. The van der Waals surface area contributed by atoms with Crippen molar-refractivity contribution in [3.8, 4) is 0 Å². The normalized spacial score (nSPS) is 15.7. The predicted octanol–water partition coefficient (Wildman–Crippen LogP) is 2.51. The zero-order chi connectivity index (χ0) is 13.0. The van der Waals surface area contributed by atoms with Gasteiger partial charge >= 0.3 is 0 Å². The van der Waals surface area contributed by atoms with Gasteiger partial charge in [-0.2, -0.15) is 0 Å². The smallest absolute Gasteiger partial charge is 0.232 e. The number of nitrogens with zero attached hydrogens (tertiary/aromatic N) is 1. The fraction of sp³-hybridized carbons (Fsp3) is 0.462. The maximum absolute atomic E-state index is 13.1. The van der Waals surface area contributed by atoms with Crippen LogP contribution in [0.2, 0.25) is 0 Å². The highest BCUT2D eigenvalue weighted by atomic mass is 32.2. The number of nitrogen functional groups attached to an aromatic ring is 1. The summed E-state index contributed by atoms with van der Waals surface area (Å²) in [6.45, 7) is 1.70. The van der Waals surface area contributed by atoms with Gasteiger partial charge in [-0.25, -0.2) is 4.39 Å². The summed E-state index contributed by atoms with van der Waals surface area (Å²) < 4.78 is 13.1. The van der Waals surface area contributed by atoms with Crippen LogP contribution < -0.4 is 5.73 Å². The molecule has 5 heteroatoms. The Morgan fingerprint density at radius 1 is 1.28 bits per heavy atom. The first-order valence-corrected chi connectivity index (χ1v) is 7.10. The Morgan fingerprint density at radius 2 is 2.00 bits per heavy atom. The van der Waals surface area contributed by atoms with Gasteiger partial charge in [0.05, 0.1) is 5.75 Å². The van der Waals surface area contributed by atoms with Gasteiger partial charge in [-0.05, 0) is 37.5 Å². The van der Waals surface area contributed by atoms with E-state index in [9.17, 15) is 9.18 Å². The Bertz CT molecular complexity index is 413. The maximum Gasteiger partial charge on any atom is 0.232 e. The van der Waals surface area contributed by atoms with Gasteiger partial charge in [-0.3, -0.25) is 4.79 Å². The number of piperidine rings is 1. The van der Waals surface area contributed by atoms with Crippen LogP contribution in [0.25, 0.3) is 0 Å². The van der Waals surface area contributed by atoms with Crippen molar-refractivity contribution in [2.75, 3.05) is 24.6 Å². The second-order valence-corrected chi connectivity index (χ2v) is 5.50. The van der Waals surface area contributed by atoms with Gasteiger partial charge in [-0.1, -0.05) is 0 Å². The zero-order valence-electron chi connectivity index (χ0n) is 10.2. The minimum atomic E-state index is -0.358. The topological polar surface area (TPSA) is 46.3 Å². The van der Waals surface area contributed by atoms with Crippen molar-refractivity contribution in [1.29, 1.82) is 0 Å². The molecule has 98 valence electrons. The Hall–Kier alpha value is -1.23. The molecular formula is C13H17FN2OS. The van der Waals surface area contributed by atoms with E-state index in [1.165, 1.54) is 30.3 Å². The summed E-state index contributed by atoms with van der Waals surface area (Å²) >= 11 is 1.34. The Morgan fingerprint density at radius 3 is 2.67 bits per heavy atom. The lowest BCUT2D eigenvalue weighted by atomic mass is 10.1. The Labute approximate surface area is 111 Å². The quantitative estimate of drug-likeness (QED) is 0.677. The number of carbonyl (C=O) groups excluding carboxylic acids is 1. The number of halogens is 1. The molecule has 1 aliphatic heterocycles. The van der Waals surface area contributed by atoms with E-state index in [-0.39, 0.29) is 11.7 Å². The summed E-state index contributed by atoms with van der Waals surface area (Å²) in [5.74, 6) is 0.119.